The van der Waals surface area contributed by atoms with Gasteiger partial charge in [0.1, 0.15) is 11.6 Å². The highest BCUT2D eigenvalue weighted by molar-refractivity contribution is 8.27. The van der Waals surface area contributed by atoms with Crippen LogP contribution in [0.15, 0.2) is 81.1 Å². The zero-order valence-electron chi connectivity index (χ0n) is 14.5. The Bertz CT molecular complexity index is 1060. The van der Waals surface area contributed by atoms with E-state index in [1.165, 1.54) is 34.4 Å². The number of furan rings is 1. The van der Waals surface area contributed by atoms with Gasteiger partial charge in [0, 0.05) is 11.8 Å². The Kier molecular flexibility index (Phi) is 5.66. The van der Waals surface area contributed by atoms with Crippen LogP contribution in [0.5, 0.6) is 0 Å². The minimum absolute atomic E-state index is 0.282. The molecule has 1 saturated heterocycles. The standard InChI is InChI=1S/C21H14FNO2S3/c22-15-7-4-8-16(11-15)23-20(24)18(28-21(23)26)12-17-9-10-19(25-17)27-13-14-5-2-1-3-6-14/h1-12H,13H2. The van der Waals surface area contributed by atoms with E-state index in [1.807, 2.05) is 30.3 Å². The summed E-state index contributed by atoms with van der Waals surface area (Å²) in [7, 11) is 0. The summed E-state index contributed by atoms with van der Waals surface area (Å²) in [5.74, 6) is 0.683. The van der Waals surface area contributed by atoms with Crippen molar-refractivity contribution in [3.8, 4) is 0 Å². The first kappa shape index (κ1) is 19.0. The first-order valence-corrected chi connectivity index (χ1v) is 10.6. The molecule has 3 nitrogen and oxygen atoms in total. The van der Waals surface area contributed by atoms with E-state index in [0.29, 0.717) is 20.7 Å². The maximum absolute atomic E-state index is 13.5. The number of thiocarbonyl (C=S) groups is 1. The van der Waals surface area contributed by atoms with Gasteiger partial charge in [-0.25, -0.2) is 4.39 Å². The number of benzene rings is 2. The van der Waals surface area contributed by atoms with Crippen LogP contribution >= 0.6 is 35.7 Å². The number of hydrogen-bond acceptors (Lipinski definition) is 5. The maximum atomic E-state index is 13.5. The number of anilines is 1. The largest absolute Gasteiger partial charge is 0.450 e. The molecule has 0 N–H and O–H groups in total. The van der Waals surface area contributed by atoms with Gasteiger partial charge in [0.05, 0.1) is 10.6 Å². The predicted octanol–water partition coefficient (Wildman–Crippen LogP) is 6.12. The molecule has 0 bridgehead atoms. The maximum Gasteiger partial charge on any atom is 0.270 e. The van der Waals surface area contributed by atoms with Crippen molar-refractivity contribution in [1.82, 2.24) is 0 Å². The van der Waals surface area contributed by atoms with Crippen molar-refractivity contribution in [1.29, 1.82) is 0 Å². The number of thioether (sulfide) groups is 2. The van der Waals surface area contributed by atoms with Gasteiger partial charge in [0.25, 0.3) is 5.91 Å². The highest BCUT2D eigenvalue weighted by atomic mass is 32.2. The molecule has 28 heavy (non-hydrogen) atoms. The highest BCUT2D eigenvalue weighted by Crippen LogP contribution is 2.36. The van der Waals surface area contributed by atoms with Gasteiger partial charge in [-0.15, -0.1) is 0 Å². The van der Waals surface area contributed by atoms with E-state index in [4.69, 9.17) is 16.6 Å². The molecule has 0 aliphatic carbocycles. The van der Waals surface area contributed by atoms with Crippen LogP contribution in [0.2, 0.25) is 0 Å². The van der Waals surface area contributed by atoms with Crippen molar-refractivity contribution in [2.45, 2.75) is 10.8 Å². The third-order valence-electron chi connectivity index (χ3n) is 3.96. The molecule has 0 saturated carbocycles. The number of amides is 1. The Morgan fingerprint density at radius 3 is 2.71 bits per heavy atom. The van der Waals surface area contributed by atoms with E-state index < -0.39 is 5.82 Å². The Hall–Kier alpha value is -2.35. The Balaban J connectivity index is 1.48. The first-order valence-electron chi connectivity index (χ1n) is 8.40. The zero-order chi connectivity index (χ0) is 19.5. The fourth-order valence-electron chi connectivity index (χ4n) is 2.65. The van der Waals surface area contributed by atoms with E-state index in [0.717, 1.165) is 10.8 Å². The summed E-state index contributed by atoms with van der Waals surface area (Å²) in [6.07, 6.45) is 1.67. The van der Waals surface area contributed by atoms with Crippen LogP contribution in [0.25, 0.3) is 6.08 Å². The molecule has 1 aliphatic rings. The zero-order valence-corrected chi connectivity index (χ0v) is 17.0. The molecule has 0 unspecified atom stereocenters. The van der Waals surface area contributed by atoms with Crippen molar-refractivity contribution in [2.24, 2.45) is 0 Å². The SMILES string of the molecule is O=C1C(=Cc2ccc(SCc3ccccc3)o2)SC(=S)N1c1cccc(F)c1. The molecule has 4 rings (SSSR count). The van der Waals surface area contributed by atoms with Crippen LogP contribution < -0.4 is 4.90 Å². The minimum Gasteiger partial charge on any atom is -0.450 e. The molecule has 0 radical (unpaired) electrons. The van der Waals surface area contributed by atoms with Gasteiger partial charge >= 0.3 is 0 Å². The normalized spacial score (nSPS) is 15.6. The summed E-state index contributed by atoms with van der Waals surface area (Å²) in [6.45, 7) is 0. The van der Waals surface area contributed by atoms with E-state index in [9.17, 15) is 9.18 Å². The molecule has 1 fully saturated rings. The summed E-state index contributed by atoms with van der Waals surface area (Å²) < 4.78 is 19.7. The molecule has 7 heteroatoms. The lowest BCUT2D eigenvalue weighted by Gasteiger charge is -2.14. The van der Waals surface area contributed by atoms with Gasteiger partial charge in [-0.2, -0.15) is 0 Å². The number of halogens is 1. The highest BCUT2D eigenvalue weighted by Gasteiger charge is 2.33. The minimum atomic E-state index is -0.415. The van der Waals surface area contributed by atoms with Crippen LogP contribution in [0.4, 0.5) is 10.1 Å². The monoisotopic (exact) mass is 427 g/mol. The van der Waals surface area contributed by atoms with E-state index in [2.05, 4.69) is 12.1 Å². The van der Waals surface area contributed by atoms with Crippen molar-refractivity contribution >= 4 is 57.7 Å². The number of hydrogen-bond donors (Lipinski definition) is 0. The van der Waals surface area contributed by atoms with Gasteiger partial charge in [-0.05, 0) is 35.9 Å². The van der Waals surface area contributed by atoms with E-state index in [-0.39, 0.29) is 5.91 Å². The number of rotatable bonds is 5. The van der Waals surface area contributed by atoms with Crippen molar-refractivity contribution in [3.63, 3.8) is 0 Å². The van der Waals surface area contributed by atoms with Crippen LogP contribution in [-0.2, 0) is 10.5 Å². The van der Waals surface area contributed by atoms with Crippen LogP contribution in [0, 0.1) is 5.82 Å². The number of carbonyl (C=O) groups excluding carboxylic acids is 1. The van der Waals surface area contributed by atoms with Gasteiger partial charge in [-0.1, -0.05) is 72.1 Å². The molecular formula is C21H14FNO2S3. The number of carbonyl (C=O) groups is 1. The second kappa shape index (κ2) is 8.34. The van der Waals surface area contributed by atoms with Gasteiger partial charge in [0.2, 0.25) is 0 Å². The quantitative estimate of drug-likeness (QED) is 0.278. The molecule has 2 aromatic carbocycles. The average Bonchev–Trinajstić information content (AvgIpc) is 3.25. The summed E-state index contributed by atoms with van der Waals surface area (Å²) in [4.78, 5) is 14.5. The third kappa shape index (κ3) is 4.22. The van der Waals surface area contributed by atoms with Gasteiger partial charge in [-0.3, -0.25) is 9.69 Å². The average molecular weight is 428 g/mol. The second-order valence-electron chi connectivity index (χ2n) is 5.93. The Morgan fingerprint density at radius 2 is 1.93 bits per heavy atom. The van der Waals surface area contributed by atoms with Crippen LogP contribution in [-0.4, -0.2) is 10.2 Å². The summed E-state index contributed by atoms with van der Waals surface area (Å²) in [5.41, 5.74) is 1.63. The summed E-state index contributed by atoms with van der Waals surface area (Å²) >= 11 is 8.07. The molecule has 1 aromatic heterocycles. The number of nitrogens with zero attached hydrogens (tertiary/aromatic N) is 1. The van der Waals surface area contributed by atoms with Crippen molar-refractivity contribution in [2.75, 3.05) is 4.90 Å². The molecule has 0 atom stereocenters. The summed E-state index contributed by atoms with van der Waals surface area (Å²) in [5, 5.41) is 0.774. The topological polar surface area (TPSA) is 33.5 Å². The van der Waals surface area contributed by atoms with Gasteiger partial charge in [0.15, 0.2) is 9.41 Å². The van der Waals surface area contributed by atoms with E-state index >= 15 is 0 Å². The molecule has 3 aromatic rings. The fourth-order valence-corrected chi connectivity index (χ4v) is 4.75. The van der Waals surface area contributed by atoms with Crippen LogP contribution in [0.1, 0.15) is 11.3 Å². The molecule has 1 amide bonds. The second-order valence-corrected chi connectivity index (χ2v) is 8.58. The molecule has 140 valence electrons. The lowest BCUT2D eigenvalue weighted by Crippen LogP contribution is -2.27. The lowest BCUT2D eigenvalue weighted by atomic mass is 10.2. The molecule has 0 spiro atoms. The van der Waals surface area contributed by atoms with Crippen molar-refractivity contribution < 1.29 is 13.6 Å². The van der Waals surface area contributed by atoms with E-state index in [1.54, 1.807) is 30.0 Å². The Labute approximate surface area is 175 Å². The smallest absolute Gasteiger partial charge is 0.270 e. The lowest BCUT2D eigenvalue weighted by molar-refractivity contribution is -0.113. The Morgan fingerprint density at radius 1 is 1.11 bits per heavy atom. The van der Waals surface area contributed by atoms with Crippen LogP contribution in [0.3, 0.4) is 0 Å². The third-order valence-corrected chi connectivity index (χ3v) is 6.24. The first-order chi connectivity index (χ1) is 13.6. The van der Waals surface area contributed by atoms with Gasteiger partial charge < -0.3 is 4.42 Å². The fraction of sp³-hybridized carbons (Fsp3) is 0.0476. The molecule has 1 aliphatic heterocycles. The molecule has 2 heterocycles. The molecular weight excluding hydrogens is 413 g/mol. The summed E-state index contributed by atoms with van der Waals surface area (Å²) in [6, 6.07) is 19.6. The predicted molar refractivity (Wildman–Crippen MR) is 117 cm³/mol. The van der Waals surface area contributed by atoms with Crippen molar-refractivity contribution in [3.05, 3.63) is 88.8 Å².